The van der Waals surface area contributed by atoms with E-state index in [4.69, 9.17) is 4.74 Å². The maximum absolute atomic E-state index is 10.5. The lowest BCUT2D eigenvalue weighted by Crippen LogP contribution is -2.10. The number of aromatic nitrogens is 2. The van der Waals surface area contributed by atoms with E-state index in [0.717, 1.165) is 30.1 Å². The highest BCUT2D eigenvalue weighted by atomic mass is 16.5. The largest absolute Gasteiger partial charge is 0.493 e. The molecule has 4 heteroatoms. The zero-order valence-electron chi connectivity index (χ0n) is 12.1. The van der Waals surface area contributed by atoms with E-state index in [2.05, 4.69) is 16.5 Å². The molecule has 108 valence electrons. The van der Waals surface area contributed by atoms with Crippen LogP contribution in [0.15, 0.2) is 36.7 Å². The van der Waals surface area contributed by atoms with Crippen molar-refractivity contribution in [2.75, 3.05) is 6.61 Å². The number of rotatable bonds is 7. The highest BCUT2D eigenvalue weighted by Gasteiger charge is 2.16. The van der Waals surface area contributed by atoms with E-state index in [1.807, 2.05) is 37.4 Å². The predicted octanol–water partition coefficient (Wildman–Crippen LogP) is 2.97. The first-order chi connectivity index (χ1) is 9.76. The van der Waals surface area contributed by atoms with Gasteiger partial charge in [-0.05, 0) is 19.4 Å². The van der Waals surface area contributed by atoms with E-state index in [-0.39, 0.29) is 0 Å². The van der Waals surface area contributed by atoms with E-state index < -0.39 is 6.10 Å². The molecule has 1 unspecified atom stereocenters. The van der Waals surface area contributed by atoms with Gasteiger partial charge in [-0.25, -0.2) is 4.98 Å². The Morgan fingerprint density at radius 3 is 2.85 bits per heavy atom. The van der Waals surface area contributed by atoms with Gasteiger partial charge in [-0.3, -0.25) is 0 Å². The van der Waals surface area contributed by atoms with Gasteiger partial charge in [0, 0.05) is 30.9 Å². The number of aliphatic hydroxyl groups is 1. The lowest BCUT2D eigenvalue weighted by molar-refractivity contribution is 0.168. The van der Waals surface area contributed by atoms with Crippen LogP contribution in [0.25, 0.3) is 0 Å². The van der Waals surface area contributed by atoms with Crippen LogP contribution >= 0.6 is 0 Å². The fraction of sp³-hybridized carbons (Fsp3) is 0.438. The quantitative estimate of drug-likeness (QED) is 0.844. The SMILES string of the molecule is CCCn1ccnc1CC(O)c1ccccc1OCC. The monoisotopic (exact) mass is 274 g/mol. The van der Waals surface area contributed by atoms with Gasteiger partial charge in [0.15, 0.2) is 0 Å². The molecular formula is C16H22N2O2. The van der Waals surface area contributed by atoms with Crippen LogP contribution in [0.3, 0.4) is 0 Å². The summed E-state index contributed by atoms with van der Waals surface area (Å²) in [7, 11) is 0. The molecule has 0 spiro atoms. The highest BCUT2D eigenvalue weighted by Crippen LogP contribution is 2.27. The minimum absolute atomic E-state index is 0.497. The number of ether oxygens (including phenoxy) is 1. The minimum atomic E-state index is -0.601. The number of aliphatic hydroxyl groups excluding tert-OH is 1. The summed E-state index contributed by atoms with van der Waals surface area (Å²) in [5, 5.41) is 10.5. The van der Waals surface area contributed by atoms with Crippen molar-refractivity contribution < 1.29 is 9.84 Å². The Hall–Kier alpha value is -1.81. The van der Waals surface area contributed by atoms with Crippen molar-refractivity contribution in [1.29, 1.82) is 0 Å². The maximum Gasteiger partial charge on any atom is 0.125 e. The van der Waals surface area contributed by atoms with Gasteiger partial charge in [-0.2, -0.15) is 0 Å². The summed E-state index contributed by atoms with van der Waals surface area (Å²) in [6.07, 6.45) is 4.69. The summed E-state index contributed by atoms with van der Waals surface area (Å²) >= 11 is 0. The molecule has 1 aromatic heterocycles. The summed E-state index contributed by atoms with van der Waals surface area (Å²) in [6, 6.07) is 7.63. The van der Waals surface area contributed by atoms with Crippen molar-refractivity contribution in [3.05, 3.63) is 48.0 Å². The van der Waals surface area contributed by atoms with Gasteiger partial charge < -0.3 is 14.4 Å². The molecule has 0 radical (unpaired) electrons. The van der Waals surface area contributed by atoms with Crippen LogP contribution in [0.4, 0.5) is 0 Å². The number of hydrogen-bond donors (Lipinski definition) is 1. The molecule has 1 N–H and O–H groups in total. The molecule has 0 aliphatic rings. The molecule has 1 heterocycles. The molecule has 0 bridgehead atoms. The van der Waals surface area contributed by atoms with Crippen LogP contribution in [-0.2, 0) is 13.0 Å². The van der Waals surface area contributed by atoms with Crippen molar-refractivity contribution in [2.45, 2.75) is 39.3 Å². The fourth-order valence-electron chi connectivity index (χ4n) is 2.30. The molecule has 1 aromatic carbocycles. The average Bonchev–Trinajstić information content (AvgIpc) is 2.87. The molecule has 1 atom stereocenters. The van der Waals surface area contributed by atoms with Gasteiger partial charge in [0.2, 0.25) is 0 Å². The van der Waals surface area contributed by atoms with E-state index in [1.54, 1.807) is 6.20 Å². The fourth-order valence-corrected chi connectivity index (χ4v) is 2.30. The Bertz CT molecular complexity index is 537. The molecule has 0 saturated carbocycles. The Morgan fingerprint density at radius 2 is 2.10 bits per heavy atom. The molecule has 2 rings (SSSR count). The first kappa shape index (κ1) is 14.6. The van der Waals surface area contributed by atoms with Crippen molar-refractivity contribution in [1.82, 2.24) is 9.55 Å². The number of imidazole rings is 1. The van der Waals surface area contributed by atoms with Crippen LogP contribution in [0.5, 0.6) is 5.75 Å². The third kappa shape index (κ3) is 3.39. The van der Waals surface area contributed by atoms with Crippen LogP contribution < -0.4 is 4.74 Å². The molecule has 0 saturated heterocycles. The van der Waals surface area contributed by atoms with E-state index in [0.29, 0.717) is 13.0 Å². The second-order valence-corrected chi connectivity index (χ2v) is 4.73. The minimum Gasteiger partial charge on any atom is -0.493 e. The van der Waals surface area contributed by atoms with E-state index in [9.17, 15) is 5.11 Å². The van der Waals surface area contributed by atoms with Gasteiger partial charge >= 0.3 is 0 Å². The number of aryl methyl sites for hydroxylation is 1. The molecule has 0 fully saturated rings. The van der Waals surface area contributed by atoms with Crippen molar-refractivity contribution in [2.24, 2.45) is 0 Å². The molecular weight excluding hydrogens is 252 g/mol. The van der Waals surface area contributed by atoms with Gasteiger partial charge in [0.1, 0.15) is 11.6 Å². The topological polar surface area (TPSA) is 47.3 Å². The summed E-state index contributed by atoms with van der Waals surface area (Å²) in [6.45, 7) is 5.59. The Balaban J connectivity index is 2.15. The Morgan fingerprint density at radius 1 is 1.30 bits per heavy atom. The summed E-state index contributed by atoms with van der Waals surface area (Å²) in [5.74, 6) is 1.65. The summed E-state index contributed by atoms with van der Waals surface area (Å²) in [5.41, 5.74) is 0.820. The Kier molecular flexibility index (Phi) is 5.18. The molecule has 0 aliphatic carbocycles. The van der Waals surface area contributed by atoms with Crippen LogP contribution in [0.1, 0.15) is 37.8 Å². The van der Waals surface area contributed by atoms with Gasteiger partial charge in [-0.15, -0.1) is 0 Å². The van der Waals surface area contributed by atoms with Crippen LogP contribution in [0, 0.1) is 0 Å². The Labute approximate surface area is 120 Å². The first-order valence-electron chi connectivity index (χ1n) is 7.16. The molecule has 4 nitrogen and oxygen atoms in total. The van der Waals surface area contributed by atoms with Crippen molar-refractivity contribution in [3.8, 4) is 5.75 Å². The normalized spacial score (nSPS) is 12.3. The number of hydrogen-bond acceptors (Lipinski definition) is 3. The van der Waals surface area contributed by atoms with Crippen LogP contribution in [-0.4, -0.2) is 21.3 Å². The second kappa shape index (κ2) is 7.10. The van der Waals surface area contributed by atoms with Crippen LogP contribution in [0.2, 0.25) is 0 Å². The second-order valence-electron chi connectivity index (χ2n) is 4.73. The number of benzene rings is 1. The zero-order chi connectivity index (χ0) is 14.4. The van der Waals surface area contributed by atoms with Gasteiger partial charge in [0.25, 0.3) is 0 Å². The molecule has 20 heavy (non-hydrogen) atoms. The smallest absolute Gasteiger partial charge is 0.125 e. The van der Waals surface area contributed by atoms with Crippen molar-refractivity contribution >= 4 is 0 Å². The van der Waals surface area contributed by atoms with Gasteiger partial charge in [-0.1, -0.05) is 25.1 Å². The third-order valence-corrected chi connectivity index (χ3v) is 3.22. The van der Waals surface area contributed by atoms with Gasteiger partial charge in [0.05, 0.1) is 12.7 Å². The highest BCUT2D eigenvalue weighted by molar-refractivity contribution is 5.35. The third-order valence-electron chi connectivity index (χ3n) is 3.22. The molecule has 2 aromatic rings. The maximum atomic E-state index is 10.5. The summed E-state index contributed by atoms with van der Waals surface area (Å²) in [4.78, 5) is 4.34. The van der Waals surface area contributed by atoms with Crippen molar-refractivity contribution in [3.63, 3.8) is 0 Å². The number of nitrogens with zero attached hydrogens (tertiary/aromatic N) is 2. The standard InChI is InChI=1S/C16H22N2O2/c1-3-10-18-11-9-17-16(18)12-14(19)13-7-5-6-8-15(13)20-4-2/h5-9,11,14,19H,3-4,10,12H2,1-2H3. The molecule has 0 aliphatic heterocycles. The summed E-state index contributed by atoms with van der Waals surface area (Å²) < 4.78 is 7.66. The predicted molar refractivity (Wildman–Crippen MR) is 78.8 cm³/mol. The molecule has 0 amide bonds. The number of para-hydroxylation sites is 1. The van der Waals surface area contributed by atoms with E-state index >= 15 is 0 Å². The first-order valence-corrected chi connectivity index (χ1v) is 7.16. The zero-order valence-corrected chi connectivity index (χ0v) is 12.1. The average molecular weight is 274 g/mol. The lowest BCUT2D eigenvalue weighted by Gasteiger charge is -2.16. The lowest BCUT2D eigenvalue weighted by atomic mass is 10.1. The van der Waals surface area contributed by atoms with E-state index in [1.165, 1.54) is 0 Å².